The topological polar surface area (TPSA) is 47.9 Å². The van der Waals surface area contributed by atoms with Crippen molar-refractivity contribution in [3.05, 3.63) is 58.3 Å². The molecule has 1 fully saturated rings. The number of alkyl halides is 3. The van der Waals surface area contributed by atoms with E-state index in [-0.39, 0.29) is 28.9 Å². The van der Waals surface area contributed by atoms with Crippen molar-refractivity contribution in [3.63, 3.8) is 0 Å². The van der Waals surface area contributed by atoms with Crippen molar-refractivity contribution in [2.24, 2.45) is 4.99 Å². The molecule has 164 valence electrons. The Labute approximate surface area is 183 Å². The lowest BCUT2D eigenvalue weighted by Gasteiger charge is -2.45. The van der Waals surface area contributed by atoms with E-state index in [0.29, 0.717) is 13.1 Å². The number of nitrogens with zero attached hydrogens (tertiary/aromatic N) is 3. The lowest BCUT2D eigenvalue weighted by molar-refractivity contribution is -0.134. The molecule has 1 aromatic rings. The third-order valence-corrected chi connectivity index (χ3v) is 6.93. The van der Waals surface area contributed by atoms with Crippen LogP contribution in [0.5, 0.6) is 0 Å². The van der Waals surface area contributed by atoms with Crippen molar-refractivity contribution < 1.29 is 18.0 Å². The van der Waals surface area contributed by atoms with Gasteiger partial charge < -0.3 is 15.1 Å². The van der Waals surface area contributed by atoms with Crippen LogP contribution in [0.25, 0.3) is 0 Å². The molecule has 1 amide bonds. The Kier molecular flexibility index (Phi) is 4.90. The number of allylic oxidation sites excluding steroid dienone is 2. The van der Waals surface area contributed by atoms with Gasteiger partial charge in [0.05, 0.1) is 17.2 Å². The van der Waals surface area contributed by atoms with E-state index in [1.165, 1.54) is 16.0 Å². The number of likely N-dealkylation sites (tertiary alicyclic amines) is 1. The Morgan fingerprint density at radius 2 is 1.90 bits per heavy atom. The first-order valence-electron chi connectivity index (χ1n) is 10.4. The zero-order valence-electron chi connectivity index (χ0n) is 16.8. The van der Waals surface area contributed by atoms with Crippen LogP contribution in [0.15, 0.2) is 52.1 Å². The van der Waals surface area contributed by atoms with Gasteiger partial charge in [0.1, 0.15) is 11.9 Å². The van der Waals surface area contributed by atoms with Gasteiger partial charge in [-0.15, -0.1) is 0 Å². The Morgan fingerprint density at radius 3 is 2.61 bits per heavy atom. The highest BCUT2D eigenvalue weighted by molar-refractivity contribution is 6.44. The van der Waals surface area contributed by atoms with Crippen LogP contribution in [-0.4, -0.2) is 58.9 Å². The van der Waals surface area contributed by atoms with E-state index in [1.54, 1.807) is 4.90 Å². The standard InChI is InChI=1S/C22H22ClF3N4O/c23-17-9-16(22(24,25)26)12-30-13-18(28-19(17)30)20(31)29-7-5-21(6-8-29)10-14-3-1-2-4-15(14)11-27-21/h1-4,9,12,18,27H,5-8,10-11,13H2. The van der Waals surface area contributed by atoms with Gasteiger partial charge in [-0.2, -0.15) is 13.2 Å². The number of carbonyl (C=O) groups excluding carboxylic acids is 1. The number of fused-ring (bicyclic) bond motifs is 2. The number of hydrogen-bond acceptors (Lipinski definition) is 4. The highest BCUT2D eigenvalue weighted by Gasteiger charge is 2.43. The van der Waals surface area contributed by atoms with Crippen molar-refractivity contribution in [1.29, 1.82) is 0 Å². The number of carbonyl (C=O) groups is 1. The minimum atomic E-state index is -4.50. The normalized spacial score (nSPS) is 24.9. The second-order valence-corrected chi connectivity index (χ2v) is 9.01. The molecule has 0 saturated carbocycles. The van der Waals surface area contributed by atoms with Gasteiger partial charge in [0, 0.05) is 31.4 Å². The number of aliphatic imine (C=N–C) groups is 1. The first-order valence-corrected chi connectivity index (χ1v) is 10.7. The van der Waals surface area contributed by atoms with Crippen LogP contribution < -0.4 is 5.32 Å². The van der Waals surface area contributed by atoms with Crippen molar-refractivity contribution in [1.82, 2.24) is 15.1 Å². The quantitative estimate of drug-likeness (QED) is 0.713. The third-order valence-electron chi connectivity index (χ3n) is 6.66. The molecule has 0 aliphatic carbocycles. The molecule has 0 bridgehead atoms. The Balaban J connectivity index is 1.24. The molecule has 1 aromatic carbocycles. The van der Waals surface area contributed by atoms with Crippen LogP contribution >= 0.6 is 11.6 Å². The maximum atomic E-state index is 13.1. The maximum Gasteiger partial charge on any atom is 0.417 e. The largest absolute Gasteiger partial charge is 0.417 e. The van der Waals surface area contributed by atoms with Gasteiger partial charge in [0.25, 0.3) is 0 Å². The van der Waals surface area contributed by atoms with Gasteiger partial charge in [0.15, 0.2) is 0 Å². The smallest absolute Gasteiger partial charge is 0.341 e. The lowest BCUT2D eigenvalue weighted by atomic mass is 9.78. The van der Waals surface area contributed by atoms with Gasteiger partial charge in [-0.1, -0.05) is 35.9 Å². The zero-order valence-corrected chi connectivity index (χ0v) is 17.5. The van der Waals surface area contributed by atoms with Crippen LogP contribution in [0.3, 0.4) is 0 Å². The van der Waals surface area contributed by atoms with E-state index in [4.69, 9.17) is 11.6 Å². The Hall–Kier alpha value is -2.32. The summed E-state index contributed by atoms with van der Waals surface area (Å²) < 4.78 is 39.2. The Bertz CT molecular complexity index is 1010. The van der Waals surface area contributed by atoms with E-state index in [1.807, 2.05) is 6.07 Å². The second kappa shape index (κ2) is 7.38. The Morgan fingerprint density at radius 1 is 1.19 bits per heavy atom. The molecule has 0 aromatic heterocycles. The fourth-order valence-corrected chi connectivity index (χ4v) is 5.15. The van der Waals surface area contributed by atoms with Crippen molar-refractivity contribution in [2.45, 2.75) is 43.6 Å². The number of benzene rings is 1. The summed E-state index contributed by atoms with van der Waals surface area (Å²) in [6.45, 7) is 2.10. The van der Waals surface area contributed by atoms with E-state index < -0.39 is 17.8 Å². The molecule has 4 aliphatic heterocycles. The lowest BCUT2D eigenvalue weighted by Crippen LogP contribution is -2.58. The molecule has 4 heterocycles. The zero-order chi connectivity index (χ0) is 21.8. The number of hydrogen-bond donors (Lipinski definition) is 1. The molecule has 1 saturated heterocycles. The first-order chi connectivity index (χ1) is 14.7. The summed E-state index contributed by atoms with van der Waals surface area (Å²) in [5.41, 5.74) is 1.82. The summed E-state index contributed by atoms with van der Waals surface area (Å²) >= 11 is 6.03. The average molecular weight is 451 g/mol. The van der Waals surface area contributed by atoms with Crippen LogP contribution in [0, 0.1) is 0 Å². The summed E-state index contributed by atoms with van der Waals surface area (Å²) in [5, 5.41) is 3.58. The van der Waals surface area contributed by atoms with Gasteiger partial charge >= 0.3 is 6.18 Å². The van der Waals surface area contributed by atoms with Crippen molar-refractivity contribution >= 4 is 23.3 Å². The molecule has 31 heavy (non-hydrogen) atoms. The molecule has 4 aliphatic rings. The highest BCUT2D eigenvalue weighted by Crippen LogP contribution is 2.35. The van der Waals surface area contributed by atoms with E-state index >= 15 is 0 Å². The van der Waals surface area contributed by atoms with Crippen molar-refractivity contribution in [2.75, 3.05) is 19.6 Å². The van der Waals surface area contributed by atoms with Gasteiger partial charge in [-0.25, -0.2) is 0 Å². The van der Waals surface area contributed by atoms with E-state index in [0.717, 1.165) is 38.1 Å². The second-order valence-electron chi connectivity index (χ2n) is 8.60. The number of nitrogens with one attached hydrogen (secondary N) is 1. The molecular formula is C22H22ClF3N4O. The summed E-state index contributed by atoms with van der Waals surface area (Å²) in [7, 11) is 0. The third kappa shape index (κ3) is 3.76. The first kappa shape index (κ1) is 20.6. The molecule has 1 N–H and O–H groups in total. The molecular weight excluding hydrogens is 429 g/mol. The summed E-state index contributed by atoms with van der Waals surface area (Å²) in [6.07, 6.45) is -0.0536. The molecule has 9 heteroatoms. The SMILES string of the molecule is O=C(C1CN2C=C(C(F)(F)F)C=C(Cl)C2=N1)N1CCC2(CC1)Cc1ccccc1CN2. The minimum Gasteiger partial charge on any atom is -0.341 e. The number of amides is 1. The maximum absolute atomic E-state index is 13.1. The van der Waals surface area contributed by atoms with E-state index in [2.05, 4.69) is 28.5 Å². The number of rotatable bonds is 1. The predicted molar refractivity (Wildman–Crippen MR) is 112 cm³/mol. The van der Waals surface area contributed by atoms with Crippen LogP contribution in [0.1, 0.15) is 24.0 Å². The van der Waals surface area contributed by atoms with Gasteiger partial charge in [-0.3, -0.25) is 9.79 Å². The van der Waals surface area contributed by atoms with Crippen LogP contribution in [0.2, 0.25) is 0 Å². The predicted octanol–water partition coefficient (Wildman–Crippen LogP) is 3.36. The van der Waals surface area contributed by atoms with Gasteiger partial charge in [-0.05, 0) is 36.5 Å². The molecule has 1 unspecified atom stereocenters. The fraction of sp³-hybridized carbons (Fsp3) is 0.455. The fourth-order valence-electron chi connectivity index (χ4n) is 4.87. The summed E-state index contributed by atoms with van der Waals surface area (Å²) in [5.74, 6) is 0.0754. The number of halogens is 4. The highest BCUT2D eigenvalue weighted by atomic mass is 35.5. The van der Waals surface area contributed by atoms with Crippen molar-refractivity contribution in [3.8, 4) is 0 Å². The number of piperidine rings is 1. The summed E-state index contributed by atoms with van der Waals surface area (Å²) in [6, 6.07) is 7.67. The summed E-state index contributed by atoms with van der Waals surface area (Å²) in [4.78, 5) is 20.5. The molecule has 5 rings (SSSR count). The average Bonchev–Trinajstić information content (AvgIpc) is 3.18. The molecule has 1 spiro atoms. The van der Waals surface area contributed by atoms with Crippen LogP contribution in [-0.2, 0) is 17.8 Å². The molecule has 0 radical (unpaired) electrons. The molecule has 5 nitrogen and oxygen atoms in total. The van der Waals surface area contributed by atoms with Crippen LogP contribution in [0.4, 0.5) is 13.2 Å². The minimum absolute atomic E-state index is 0.0133. The monoisotopic (exact) mass is 450 g/mol. The van der Waals surface area contributed by atoms with E-state index in [9.17, 15) is 18.0 Å². The van der Waals surface area contributed by atoms with Gasteiger partial charge in [0.2, 0.25) is 5.91 Å². The number of amidine groups is 1. The molecule has 1 atom stereocenters.